The molecule has 0 radical (unpaired) electrons. The van der Waals surface area contributed by atoms with Crippen LogP contribution in [-0.2, 0) is 4.79 Å². The largest absolute Gasteiger partial charge is 0.481 e. The summed E-state index contributed by atoms with van der Waals surface area (Å²) in [4.78, 5) is 16.6. The molecule has 1 atom stereocenters. The van der Waals surface area contributed by atoms with E-state index in [4.69, 9.17) is 20.9 Å². The van der Waals surface area contributed by atoms with Crippen molar-refractivity contribution in [2.75, 3.05) is 5.32 Å². The van der Waals surface area contributed by atoms with Crippen molar-refractivity contribution < 1.29 is 14.1 Å². The van der Waals surface area contributed by atoms with E-state index >= 15 is 0 Å². The van der Waals surface area contributed by atoms with Gasteiger partial charge in [-0.1, -0.05) is 29.3 Å². The molecule has 6 nitrogen and oxygen atoms in total. The smallest absolute Gasteiger partial charge is 0.270 e. The Kier molecular flexibility index (Phi) is 5.46. The molecule has 0 aliphatic rings. The van der Waals surface area contributed by atoms with Gasteiger partial charge in [-0.25, -0.2) is 0 Å². The van der Waals surface area contributed by atoms with Crippen LogP contribution in [0, 0.1) is 20.8 Å². The number of ether oxygens (including phenoxy) is 1. The molecular weight excluding hydrogens is 366 g/mol. The van der Waals surface area contributed by atoms with Gasteiger partial charge in [0, 0.05) is 10.6 Å². The van der Waals surface area contributed by atoms with Crippen LogP contribution < -0.4 is 10.1 Å². The second-order valence-corrected chi connectivity index (χ2v) is 6.79. The van der Waals surface area contributed by atoms with E-state index in [-0.39, 0.29) is 11.9 Å². The number of halogens is 1. The van der Waals surface area contributed by atoms with E-state index in [1.807, 2.05) is 45.0 Å². The van der Waals surface area contributed by atoms with Crippen molar-refractivity contribution in [2.45, 2.75) is 33.8 Å². The minimum atomic E-state index is -0.744. The number of hydrogen-bond donors (Lipinski definition) is 1. The maximum Gasteiger partial charge on any atom is 0.270 e. The number of nitrogens with one attached hydrogen (secondary N) is 1. The first-order chi connectivity index (χ1) is 12.8. The molecule has 0 aliphatic carbocycles. The number of aromatic nitrogens is 2. The Balaban J connectivity index is 1.66. The van der Waals surface area contributed by atoms with E-state index in [0.717, 1.165) is 22.3 Å². The number of carbonyl (C=O) groups excluding carboxylic acids is 1. The topological polar surface area (TPSA) is 77.2 Å². The summed E-state index contributed by atoms with van der Waals surface area (Å²) < 4.78 is 10.9. The van der Waals surface area contributed by atoms with Crippen LogP contribution >= 0.6 is 11.6 Å². The van der Waals surface area contributed by atoms with Crippen LogP contribution in [0.5, 0.6) is 5.75 Å². The van der Waals surface area contributed by atoms with Gasteiger partial charge in [0.1, 0.15) is 5.75 Å². The second-order valence-electron chi connectivity index (χ2n) is 6.41. The zero-order chi connectivity index (χ0) is 19.6. The summed E-state index contributed by atoms with van der Waals surface area (Å²) in [6, 6.07) is 11.2. The van der Waals surface area contributed by atoms with Gasteiger partial charge in [0.25, 0.3) is 17.7 Å². The summed E-state index contributed by atoms with van der Waals surface area (Å²) in [5, 5.41) is 7.08. The van der Waals surface area contributed by atoms with E-state index in [1.165, 1.54) is 0 Å². The summed E-state index contributed by atoms with van der Waals surface area (Å²) in [5.74, 6) is 0.624. The normalized spacial score (nSPS) is 11.9. The fraction of sp³-hybridized carbons (Fsp3) is 0.250. The Labute approximate surface area is 162 Å². The van der Waals surface area contributed by atoms with Gasteiger partial charge in [0.2, 0.25) is 0 Å². The predicted octanol–water partition coefficient (Wildman–Crippen LogP) is 4.72. The first-order valence-electron chi connectivity index (χ1n) is 8.48. The lowest BCUT2D eigenvalue weighted by Crippen LogP contribution is -2.30. The average molecular weight is 386 g/mol. The zero-order valence-electron chi connectivity index (χ0n) is 15.5. The number of amides is 1. The highest BCUT2D eigenvalue weighted by molar-refractivity contribution is 6.32. The maximum atomic E-state index is 12.4. The van der Waals surface area contributed by atoms with Gasteiger partial charge in [-0.3, -0.25) is 10.1 Å². The first kappa shape index (κ1) is 18.9. The van der Waals surface area contributed by atoms with Crippen molar-refractivity contribution in [1.82, 2.24) is 10.1 Å². The fourth-order valence-electron chi connectivity index (χ4n) is 2.53. The molecule has 140 valence electrons. The SMILES string of the molecule is Cc1ccc(-c2nc(NC(=O)[C@@H](C)Oc3cc(C)c(Cl)c(C)c3)no2)cc1. The number of benzene rings is 2. The lowest BCUT2D eigenvalue weighted by atomic mass is 10.1. The molecule has 0 fully saturated rings. The Hall–Kier alpha value is -2.86. The maximum absolute atomic E-state index is 12.4. The van der Waals surface area contributed by atoms with Crippen LogP contribution in [0.4, 0.5) is 5.95 Å². The van der Waals surface area contributed by atoms with E-state index in [0.29, 0.717) is 16.7 Å². The predicted molar refractivity (Wildman–Crippen MR) is 104 cm³/mol. The number of anilines is 1. The molecule has 1 N–H and O–H groups in total. The second kappa shape index (κ2) is 7.80. The molecule has 0 saturated heterocycles. The lowest BCUT2D eigenvalue weighted by Gasteiger charge is -2.15. The highest BCUT2D eigenvalue weighted by atomic mass is 35.5. The van der Waals surface area contributed by atoms with Crippen molar-refractivity contribution in [3.05, 3.63) is 58.1 Å². The Morgan fingerprint density at radius 3 is 2.41 bits per heavy atom. The van der Waals surface area contributed by atoms with Gasteiger partial charge < -0.3 is 9.26 Å². The van der Waals surface area contributed by atoms with Crippen LogP contribution in [0.25, 0.3) is 11.5 Å². The van der Waals surface area contributed by atoms with Crippen LogP contribution in [-0.4, -0.2) is 22.2 Å². The third-order valence-corrected chi connectivity index (χ3v) is 4.65. The van der Waals surface area contributed by atoms with Crippen molar-refractivity contribution in [3.63, 3.8) is 0 Å². The van der Waals surface area contributed by atoms with Crippen molar-refractivity contribution in [2.24, 2.45) is 0 Å². The van der Waals surface area contributed by atoms with Crippen LogP contribution in [0.2, 0.25) is 5.02 Å². The summed E-state index contributed by atoms with van der Waals surface area (Å²) in [7, 11) is 0. The molecule has 7 heteroatoms. The van der Waals surface area contributed by atoms with Gasteiger partial charge in [-0.15, -0.1) is 0 Å². The molecule has 0 unspecified atom stereocenters. The molecule has 0 saturated carbocycles. The van der Waals surface area contributed by atoms with E-state index in [1.54, 1.807) is 19.1 Å². The fourth-order valence-corrected chi connectivity index (χ4v) is 2.64. The summed E-state index contributed by atoms with van der Waals surface area (Å²) in [6.45, 7) is 7.42. The van der Waals surface area contributed by atoms with Crippen LogP contribution in [0.1, 0.15) is 23.6 Å². The van der Waals surface area contributed by atoms with Crippen molar-refractivity contribution in [3.8, 4) is 17.2 Å². The van der Waals surface area contributed by atoms with Gasteiger partial charge in [0.05, 0.1) is 0 Å². The molecule has 0 spiro atoms. The quantitative estimate of drug-likeness (QED) is 0.687. The van der Waals surface area contributed by atoms with E-state index in [2.05, 4.69) is 15.5 Å². The molecule has 3 rings (SSSR count). The monoisotopic (exact) mass is 385 g/mol. The molecule has 1 amide bonds. The summed E-state index contributed by atoms with van der Waals surface area (Å²) in [6.07, 6.45) is -0.744. The van der Waals surface area contributed by atoms with Gasteiger partial charge in [-0.2, -0.15) is 4.98 Å². The lowest BCUT2D eigenvalue weighted by molar-refractivity contribution is -0.122. The molecule has 1 aromatic heterocycles. The number of rotatable bonds is 5. The molecule has 1 heterocycles. The molecule has 3 aromatic rings. The third-order valence-electron chi connectivity index (χ3n) is 4.05. The molecule has 27 heavy (non-hydrogen) atoms. The van der Waals surface area contributed by atoms with E-state index in [9.17, 15) is 4.79 Å². The molecule has 0 aliphatic heterocycles. The van der Waals surface area contributed by atoms with Gasteiger partial charge in [-0.05, 0) is 68.2 Å². The number of aryl methyl sites for hydroxylation is 3. The number of hydrogen-bond acceptors (Lipinski definition) is 5. The Morgan fingerprint density at radius 2 is 1.78 bits per heavy atom. The minimum Gasteiger partial charge on any atom is -0.481 e. The molecule has 2 aromatic carbocycles. The van der Waals surface area contributed by atoms with Crippen LogP contribution in [0.3, 0.4) is 0 Å². The van der Waals surface area contributed by atoms with Crippen LogP contribution in [0.15, 0.2) is 40.9 Å². The van der Waals surface area contributed by atoms with Crippen molar-refractivity contribution >= 4 is 23.5 Å². The zero-order valence-corrected chi connectivity index (χ0v) is 16.3. The Bertz CT molecular complexity index is 944. The number of nitrogens with zero attached hydrogens (tertiary/aromatic N) is 2. The standard InChI is InChI=1S/C20H20ClN3O3/c1-11-5-7-15(8-6-11)19-23-20(24-27-19)22-18(25)14(4)26-16-9-12(2)17(21)13(3)10-16/h5-10,14H,1-4H3,(H,22,24,25)/t14-/m1/s1. The molecular formula is C20H20ClN3O3. The average Bonchev–Trinajstić information content (AvgIpc) is 3.08. The highest BCUT2D eigenvalue weighted by Crippen LogP contribution is 2.26. The highest BCUT2D eigenvalue weighted by Gasteiger charge is 2.19. The Morgan fingerprint density at radius 1 is 1.15 bits per heavy atom. The third kappa shape index (κ3) is 4.46. The minimum absolute atomic E-state index is 0.0921. The van der Waals surface area contributed by atoms with Crippen molar-refractivity contribution in [1.29, 1.82) is 0 Å². The summed E-state index contributed by atoms with van der Waals surface area (Å²) in [5.41, 5.74) is 3.69. The first-order valence-corrected chi connectivity index (χ1v) is 8.86. The number of carbonyl (C=O) groups is 1. The van der Waals surface area contributed by atoms with Gasteiger partial charge in [0.15, 0.2) is 6.10 Å². The summed E-state index contributed by atoms with van der Waals surface area (Å²) >= 11 is 6.16. The van der Waals surface area contributed by atoms with Gasteiger partial charge >= 0.3 is 0 Å². The molecule has 0 bridgehead atoms. The van der Waals surface area contributed by atoms with E-state index < -0.39 is 6.10 Å².